The molecule has 0 heterocycles. The Morgan fingerprint density at radius 2 is 1.58 bits per heavy atom. The van der Waals surface area contributed by atoms with Crippen molar-refractivity contribution in [3.8, 4) is 0 Å². The van der Waals surface area contributed by atoms with Gasteiger partial charge >= 0.3 is 5.97 Å². The molecule has 2 aromatic carbocycles. The molecule has 0 spiro atoms. The fraction of sp³-hybridized carbons (Fsp3) is 0.286. The first-order chi connectivity index (χ1) is 12.4. The Morgan fingerprint density at radius 3 is 2.19 bits per heavy atom. The fourth-order valence-corrected chi connectivity index (χ4v) is 2.48. The highest BCUT2D eigenvalue weighted by molar-refractivity contribution is 5.99. The number of carbonyl (C=O) groups excluding carboxylic acids is 3. The van der Waals surface area contributed by atoms with Gasteiger partial charge in [0.2, 0.25) is 0 Å². The molecule has 0 saturated carbocycles. The predicted octanol–water partition coefficient (Wildman–Crippen LogP) is 3.18. The van der Waals surface area contributed by atoms with Crippen LogP contribution in [0.25, 0.3) is 0 Å². The summed E-state index contributed by atoms with van der Waals surface area (Å²) in [6, 6.07) is 14.9. The van der Waals surface area contributed by atoms with Gasteiger partial charge in [0.05, 0.1) is 0 Å². The number of hydrogen-bond donors (Lipinski definition) is 1. The van der Waals surface area contributed by atoms with E-state index in [0.717, 1.165) is 5.56 Å². The van der Waals surface area contributed by atoms with Gasteiger partial charge in [-0.15, -0.1) is 0 Å². The second-order valence-corrected chi connectivity index (χ2v) is 6.41. The third-order valence-corrected chi connectivity index (χ3v) is 4.04. The van der Waals surface area contributed by atoms with E-state index in [9.17, 15) is 14.4 Å². The summed E-state index contributed by atoms with van der Waals surface area (Å²) in [5.41, 5.74) is 1.80. The average Bonchev–Trinajstić information content (AvgIpc) is 2.64. The molecule has 1 amide bonds. The lowest BCUT2D eigenvalue weighted by molar-refractivity contribution is -0.145. The molecule has 136 valence electrons. The number of ketones is 1. The van der Waals surface area contributed by atoms with Crippen molar-refractivity contribution in [2.24, 2.45) is 5.92 Å². The molecule has 26 heavy (non-hydrogen) atoms. The standard InChI is InChI=1S/C21H23NO4/c1-14(2)19(22-20(24)17-12-8-7-9-15(17)3)21(25)26-13-18(23)16-10-5-4-6-11-16/h4-12,14,19H,13H2,1-3H3,(H,22,24)/t19-/m1/s1. The van der Waals surface area contributed by atoms with Crippen molar-refractivity contribution >= 4 is 17.7 Å². The number of carbonyl (C=O) groups is 3. The van der Waals surface area contributed by atoms with E-state index in [4.69, 9.17) is 4.74 Å². The van der Waals surface area contributed by atoms with Gasteiger partial charge in [-0.2, -0.15) is 0 Å². The second kappa shape index (κ2) is 8.94. The Hall–Kier alpha value is -2.95. The normalized spacial score (nSPS) is 11.7. The van der Waals surface area contributed by atoms with Crippen molar-refractivity contribution in [3.05, 3.63) is 71.3 Å². The van der Waals surface area contributed by atoms with Crippen LogP contribution in [-0.2, 0) is 9.53 Å². The van der Waals surface area contributed by atoms with Gasteiger partial charge in [-0.3, -0.25) is 9.59 Å². The van der Waals surface area contributed by atoms with E-state index in [0.29, 0.717) is 11.1 Å². The lowest BCUT2D eigenvalue weighted by Gasteiger charge is -2.21. The number of ether oxygens (including phenoxy) is 1. The molecule has 0 aromatic heterocycles. The minimum atomic E-state index is -0.828. The van der Waals surface area contributed by atoms with Gasteiger partial charge in [0, 0.05) is 11.1 Å². The summed E-state index contributed by atoms with van der Waals surface area (Å²) in [4.78, 5) is 36.9. The Kier molecular flexibility index (Phi) is 6.67. The van der Waals surface area contributed by atoms with Crippen molar-refractivity contribution in [1.29, 1.82) is 0 Å². The molecule has 2 aromatic rings. The molecule has 0 fully saturated rings. The van der Waals surface area contributed by atoms with Crippen LogP contribution in [0.3, 0.4) is 0 Å². The Bertz CT molecular complexity index is 784. The lowest BCUT2D eigenvalue weighted by atomic mass is 10.0. The van der Waals surface area contributed by atoms with E-state index in [1.807, 2.05) is 32.9 Å². The average molecular weight is 353 g/mol. The summed E-state index contributed by atoms with van der Waals surface area (Å²) >= 11 is 0. The van der Waals surface area contributed by atoms with Crippen LogP contribution < -0.4 is 5.32 Å². The first-order valence-corrected chi connectivity index (χ1v) is 8.51. The van der Waals surface area contributed by atoms with Crippen LogP contribution in [0.15, 0.2) is 54.6 Å². The summed E-state index contributed by atoms with van der Waals surface area (Å²) < 4.78 is 5.15. The molecular weight excluding hydrogens is 330 g/mol. The smallest absolute Gasteiger partial charge is 0.329 e. The van der Waals surface area contributed by atoms with Gasteiger partial charge in [-0.1, -0.05) is 62.4 Å². The number of esters is 1. The monoisotopic (exact) mass is 353 g/mol. The van der Waals surface area contributed by atoms with E-state index < -0.39 is 12.0 Å². The summed E-state index contributed by atoms with van der Waals surface area (Å²) in [7, 11) is 0. The van der Waals surface area contributed by atoms with Gasteiger partial charge in [-0.25, -0.2) is 4.79 Å². The topological polar surface area (TPSA) is 72.5 Å². The molecule has 0 aliphatic carbocycles. The maximum absolute atomic E-state index is 12.5. The fourth-order valence-electron chi connectivity index (χ4n) is 2.48. The first-order valence-electron chi connectivity index (χ1n) is 8.51. The zero-order chi connectivity index (χ0) is 19.1. The van der Waals surface area contributed by atoms with Gasteiger partial charge in [0.25, 0.3) is 5.91 Å². The van der Waals surface area contributed by atoms with Crippen molar-refractivity contribution in [2.75, 3.05) is 6.61 Å². The summed E-state index contributed by atoms with van der Waals surface area (Å²) in [5.74, 6) is -1.42. The third-order valence-electron chi connectivity index (χ3n) is 4.04. The maximum Gasteiger partial charge on any atom is 0.329 e. The van der Waals surface area contributed by atoms with Crippen molar-refractivity contribution in [1.82, 2.24) is 5.32 Å². The zero-order valence-corrected chi connectivity index (χ0v) is 15.2. The highest BCUT2D eigenvalue weighted by atomic mass is 16.5. The molecule has 0 radical (unpaired) electrons. The zero-order valence-electron chi connectivity index (χ0n) is 15.2. The van der Waals surface area contributed by atoms with Crippen molar-refractivity contribution < 1.29 is 19.1 Å². The van der Waals surface area contributed by atoms with E-state index in [2.05, 4.69) is 5.32 Å². The number of benzene rings is 2. The molecule has 0 saturated heterocycles. The first kappa shape index (κ1) is 19.4. The molecule has 0 unspecified atom stereocenters. The van der Waals surface area contributed by atoms with Crippen LogP contribution in [-0.4, -0.2) is 30.3 Å². The number of amides is 1. The summed E-state index contributed by atoms with van der Waals surface area (Å²) in [6.45, 7) is 5.09. The number of nitrogens with one attached hydrogen (secondary N) is 1. The molecule has 0 aliphatic rings. The Balaban J connectivity index is 2.00. The molecule has 1 atom stereocenters. The highest BCUT2D eigenvalue weighted by Gasteiger charge is 2.27. The van der Waals surface area contributed by atoms with Crippen molar-refractivity contribution in [3.63, 3.8) is 0 Å². The van der Waals surface area contributed by atoms with Crippen LogP contribution >= 0.6 is 0 Å². The number of rotatable bonds is 7. The SMILES string of the molecule is Cc1ccccc1C(=O)N[C@@H](C(=O)OCC(=O)c1ccccc1)C(C)C. The predicted molar refractivity (Wildman–Crippen MR) is 99.0 cm³/mol. The Morgan fingerprint density at radius 1 is 0.962 bits per heavy atom. The van der Waals surface area contributed by atoms with Crippen LogP contribution in [0, 0.1) is 12.8 Å². The quantitative estimate of drug-likeness (QED) is 0.613. The van der Waals surface area contributed by atoms with Crippen LogP contribution in [0.2, 0.25) is 0 Å². The minimum absolute atomic E-state index is 0.178. The molecule has 1 N–H and O–H groups in total. The van der Waals surface area contributed by atoms with Gasteiger partial charge < -0.3 is 10.1 Å². The van der Waals surface area contributed by atoms with E-state index in [1.54, 1.807) is 42.5 Å². The Labute approximate surface area is 153 Å². The maximum atomic E-state index is 12.5. The van der Waals surface area contributed by atoms with E-state index >= 15 is 0 Å². The number of aryl methyl sites for hydroxylation is 1. The molecule has 2 rings (SSSR count). The number of Topliss-reactive ketones (excluding diaryl/α,β-unsaturated/α-hetero) is 1. The molecular formula is C21H23NO4. The van der Waals surface area contributed by atoms with Gasteiger partial charge in [-0.05, 0) is 24.5 Å². The highest BCUT2D eigenvalue weighted by Crippen LogP contribution is 2.10. The van der Waals surface area contributed by atoms with Gasteiger partial charge in [0.1, 0.15) is 6.04 Å². The third kappa shape index (κ3) is 5.02. The van der Waals surface area contributed by atoms with Crippen LogP contribution in [0.4, 0.5) is 0 Å². The summed E-state index contributed by atoms with van der Waals surface area (Å²) in [6.07, 6.45) is 0. The molecule has 0 bridgehead atoms. The molecule has 5 heteroatoms. The minimum Gasteiger partial charge on any atom is -0.456 e. The van der Waals surface area contributed by atoms with Crippen LogP contribution in [0.5, 0.6) is 0 Å². The van der Waals surface area contributed by atoms with Crippen LogP contribution in [0.1, 0.15) is 40.1 Å². The van der Waals surface area contributed by atoms with Gasteiger partial charge in [0.15, 0.2) is 12.4 Å². The lowest BCUT2D eigenvalue weighted by Crippen LogP contribution is -2.45. The summed E-state index contributed by atoms with van der Waals surface area (Å²) in [5, 5.41) is 2.71. The number of hydrogen-bond acceptors (Lipinski definition) is 4. The van der Waals surface area contributed by atoms with Crippen molar-refractivity contribution in [2.45, 2.75) is 26.8 Å². The van der Waals surface area contributed by atoms with E-state index in [-0.39, 0.29) is 24.2 Å². The second-order valence-electron chi connectivity index (χ2n) is 6.41. The molecule has 5 nitrogen and oxygen atoms in total. The molecule has 0 aliphatic heterocycles. The van der Waals surface area contributed by atoms with E-state index in [1.165, 1.54) is 0 Å². The largest absolute Gasteiger partial charge is 0.456 e.